The van der Waals surface area contributed by atoms with E-state index < -0.39 is 0 Å². The van der Waals surface area contributed by atoms with Gasteiger partial charge in [0.25, 0.3) is 11.8 Å². The Balaban J connectivity index is 1.33. The van der Waals surface area contributed by atoms with Crippen molar-refractivity contribution in [1.29, 1.82) is 0 Å². The van der Waals surface area contributed by atoms with Crippen LogP contribution in [-0.2, 0) is 0 Å². The lowest BCUT2D eigenvalue weighted by molar-refractivity contribution is 0.0692. The number of hydrogen-bond acceptors (Lipinski definition) is 9. The molecule has 1 atom stereocenters. The standard InChI is InChI=1S/C24H25N5O5S/c1-31-18-10-15(11-19(32-2)21(18)33-3)16-12-17(26-25-16)24(30)29-8-4-6-14(13-29)22-27-28-23(34-22)20-7-5-9-35-20/h5,7,9-12,14H,4,6,8,13H2,1-3H3,(H,25,26). The van der Waals surface area contributed by atoms with Crippen LogP contribution in [0.1, 0.15) is 35.1 Å². The van der Waals surface area contributed by atoms with Gasteiger partial charge in [-0.05, 0) is 42.5 Å². The largest absolute Gasteiger partial charge is 0.493 e. The van der Waals surface area contributed by atoms with Crippen molar-refractivity contribution in [2.24, 2.45) is 0 Å². The summed E-state index contributed by atoms with van der Waals surface area (Å²) in [6.45, 7) is 1.16. The molecule has 1 aliphatic heterocycles. The van der Waals surface area contributed by atoms with Gasteiger partial charge in [-0.25, -0.2) is 0 Å². The number of ether oxygens (including phenoxy) is 3. The molecule has 0 aliphatic carbocycles. The molecule has 182 valence electrons. The number of rotatable bonds is 7. The normalized spacial score (nSPS) is 15.7. The molecule has 0 radical (unpaired) electrons. The molecule has 1 N–H and O–H groups in total. The molecule has 4 heterocycles. The molecular formula is C24H25N5O5S. The number of carbonyl (C=O) groups is 1. The fraction of sp³-hybridized carbons (Fsp3) is 0.333. The Morgan fingerprint density at radius 1 is 1.14 bits per heavy atom. The number of aromatic amines is 1. The van der Waals surface area contributed by atoms with Crippen molar-refractivity contribution in [3.8, 4) is 39.3 Å². The molecule has 1 fully saturated rings. The van der Waals surface area contributed by atoms with E-state index in [0.717, 1.165) is 23.3 Å². The number of amides is 1. The van der Waals surface area contributed by atoms with Crippen molar-refractivity contribution in [3.63, 3.8) is 0 Å². The minimum atomic E-state index is -0.126. The molecule has 1 aliphatic rings. The maximum atomic E-state index is 13.3. The number of thiophene rings is 1. The number of nitrogens with zero attached hydrogens (tertiary/aromatic N) is 4. The van der Waals surface area contributed by atoms with Gasteiger partial charge in [0.05, 0.1) is 37.8 Å². The Morgan fingerprint density at radius 3 is 2.63 bits per heavy atom. The van der Waals surface area contributed by atoms with Crippen LogP contribution in [0.5, 0.6) is 17.2 Å². The highest BCUT2D eigenvalue weighted by Gasteiger charge is 2.30. The van der Waals surface area contributed by atoms with E-state index in [1.54, 1.807) is 55.8 Å². The fourth-order valence-corrected chi connectivity index (χ4v) is 4.89. The Bertz CT molecular complexity index is 1290. The van der Waals surface area contributed by atoms with Crippen molar-refractivity contribution in [1.82, 2.24) is 25.3 Å². The van der Waals surface area contributed by atoms with E-state index in [1.807, 2.05) is 17.5 Å². The number of nitrogens with one attached hydrogen (secondary N) is 1. The Morgan fingerprint density at radius 2 is 1.94 bits per heavy atom. The Hall–Kier alpha value is -3.86. The molecule has 35 heavy (non-hydrogen) atoms. The maximum absolute atomic E-state index is 13.3. The van der Waals surface area contributed by atoms with Crippen LogP contribution < -0.4 is 14.2 Å². The first kappa shape index (κ1) is 22.9. The number of carbonyl (C=O) groups excluding carboxylic acids is 1. The minimum absolute atomic E-state index is 0.00795. The summed E-state index contributed by atoms with van der Waals surface area (Å²) >= 11 is 1.55. The molecule has 0 saturated carbocycles. The monoisotopic (exact) mass is 495 g/mol. The third kappa shape index (κ3) is 4.46. The van der Waals surface area contributed by atoms with Gasteiger partial charge < -0.3 is 23.5 Å². The molecule has 10 nitrogen and oxygen atoms in total. The molecule has 1 amide bonds. The first-order valence-electron chi connectivity index (χ1n) is 11.1. The topological polar surface area (TPSA) is 116 Å². The summed E-state index contributed by atoms with van der Waals surface area (Å²) in [5, 5.41) is 17.6. The summed E-state index contributed by atoms with van der Waals surface area (Å²) in [4.78, 5) is 16.0. The van der Waals surface area contributed by atoms with Crippen LogP contribution in [0.15, 0.2) is 40.1 Å². The van der Waals surface area contributed by atoms with Gasteiger partial charge in [-0.15, -0.1) is 21.5 Å². The fourth-order valence-electron chi connectivity index (χ4n) is 4.24. The molecule has 1 aromatic carbocycles. The molecule has 3 aromatic heterocycles. The molecule has 0 spiro atoms. The van der Waals surface area contributed by atoms with Crippen molar-refractivity contribution in [3.05, 3.63) is 47.3 Å². The second-order valence-electron chi connectivity index (χ2n) is 8.09. The van der Waals surface area contributed by atoms with Crippen LogP contribution in [-0.4, -0.2) is 65.6 Å². The van der Waals surface area contributed by atoms with Gasteiger partial charge in [-0.1, -0.05) is 6.07 Å². The number of piperidine rings is 1. The number of methoxy groups -OCH3 is 3. The van der Waals surface area contributed by atoms with Crippen LogP contribution in [0.4, 0.5) is 0 Å². The van der Waals surface area contributed by atoms with Gasteiger partial charge >= 0.3 is 0 Å². The van der Waals surface area contributed by atoms with E-state index in [9.17, 15) is 4.79 Å². The maximum Gasteiger partial charge on any atom is 0.271 e. The molecule has 1 saturated heterocycles. The summed E-state index contributed by atoms with van der Waals surface area (Å²) in [6, 6.07) is 9.21. The summed E-state index contributed by atoms with van der Waals surface area (Å²) in [5.41, 5.74) is 1.73. The van der Waals surface area contributed by atoms with E-state index >= 15 is 0 Å². The summed E-state index contributed by atoms with van der Waals surface area (Å²) in [5.74, 6) is 2.46. The smallest absolute Gasteiger partial charge is 0.271 e. The van der Waals surface area contributed by atoms with Crippen LogP contribution >= 0.6 is 11.3 Å². The van der Waals surface area contributed by atoms with Gasteiger partial charge in [0, 0.05) is 18.7 Å². The van der Waals surface area contributed by atoms with Crippen LogP contribution in [0.3, 0.4) is 0 Å². The minimum Gasteiger partial charge on any atom is -0.493 e. The molecular weight excluding hydrogens is 470 g/mol. The summed E-state index contributed by atoms with van der Waals surface area (Å²) in [7, 11) is 4.66. The predicted molar refractivity (Wildman–Crippen MR) is 129 cm³/mol. The third-order valence-electron chi connectivity index (χ3n) is 6.00. The lowest BCUT2D eigenvalue weighted by Crippen LogP contribution is -2.39. The molecule has 0 bridgehead atoms. The second-order valence-corrected chi connectivity index (χ2v) is 9.04. The number of benzene rings is 1. The Kier molecular flexibility index (Phi) is 6.41. The number of likely N-dealkylation sites (tertiary alicyclic amines) is 1. The van der Waals surface area contributed by atoms with Crippen molar-refractivity contribution in [2.45, 2.75) is 18.8 Å². The van der Waals surface area contributed by atoms with E-state index in [4.69, 9.17) is 18.6 Å². The summed E-state index contributed by atoms with van der Waals surface area (Å²) in [6.07, 6.45) is 1.73. The van der Waals surface area contributed by atoms with Crippen LogP contribution in [0.25, 0.3) is 22.0 Å². The average Bonchev–Trinajstić information content (AvgIpc) is 3.69. The molecule has 5 rings (SSSR count). The highest BCUT2D eigenvalue weighted by molar-refractivity contribution is 7.13. The molecule has 1 unspecified atom stereocenters. The first-order chi connectivity index (χ1) is 17.1. The van der Waals surface area contributed by atoms with E-state index in [2.05, 4.69) is 20.4 Å². The zero-order chi connectivity index (χ0) is 24.4. The van der Waals surface area contributed by atoms with Gasteiger partial charge in [0.1, 0.15) is 5.69 Å². The SMILES string of the molecule is COc1cc(-c2cc(C(=O)N3CCCC(c4nnc(-c5cccs5)o4)C3)[nH]n2)cc(OC)c1OC. The van der Waals surface area contributed by atoms with Crippen LogP contribution in [0, 0.1) is 0 Å². The van der Waals surface area contributed by atoms with Crippen molar-refractivity contribution in [2.75, 3.05) is 34.4 Å². The summed E-state index contributed by atoms with van der Waals surface area (Å²) < 4.78 is 22.2. The van der Waals surface area contributed by atoms with Crippen LogP contribution in [0.2, 0.25) is 0 Å². The number of aromatic nitrogens is 4. The molecule has 11 heteroatoms. The quantitative estimate of drug-likeness (QED) is 0.405. The lowest BCUT2D eigenvalue weighted by Gasteiger charge is -2.30. The van der Waals surface area contributed by atoms with Crippen molar-refractivity contribution < 1.29 is 23.4 Å². The van der Waals surface area contributed by atoms with Gasteiger partial charge in [0.15, 0.2) is 11.5 Å². The predicted octanol–water partition coefficient (Wildman–Crippen LogP) is 4.23. The second kappa shape index (κ2) is 9.79. The van der Waals surface area contributed by atoms with Gasteiger partial charge in [0.2, 0.25) is 11.6 Å². The highest BCUT2D eigenvalue weighted by Crippen LogP contribution is 2.41. The zero-order valence-corrected chi connectivity index (χ0v) is 20.4. The number of hydrogen-bond donors (Lipinski definition) is 1. The van der Waals surface area contributed by atoms with Crippen molar-refractivity contribution >= 4 is 17.2 Å². The van der Waals surface area contributed by atoms with Gasteiger partial charge in [-0.2, -0.15) is 5.10 Å². The zero-order valence-electron chi connectivity index (χ0n) is 19.6. The van der Waals surface area contributed by atoms with E-state index in [0.29, 0.717) is 53.5 Å². The average molecular weight is 496 g/mol. The number of H-pyrrole nitrogens is 1. The Labute approximate surface area is 205 Å². The third-order valence-corrected chi connectivity index (χ3v) is 6.86. The highest BCUT2D eigenvalue weighted by atomic mass is 32.1. The van der Waals surface area contributed by atoms with Gasteiger partial charge in [-0.3, -0.25) is 9.89 Å². The van der Waals surface area contributed by atoms with E-state index in [1.165, 1.54) is 0 Å². The molecule has 4 aromatic rings. The first-order valence-corrected chi connectivity index (χ1v) is 12.0. The lowest BCUT2D eigenvalue weighted by atomic mass is 9.97. The van der Waals surface area contributed by atoms with E-state index in [-0.39, 0.29) is 11.8 Å².